The SMILES string of the molecule is COc1ccc([C@@H](CN=Cc2ccccc2O)[NH+]2CCCCC2)cc1. The number of hydrogen-bond donors (Lipinski definition) is 2. The van der Waals surface area contributed by atoms with E-state index in [4.69, 9.17) is 4.74 Å². The van der Waals surface area contributed by atoms with Gasteiger partial charge in [-0.05, 0) is 55.7 Å². The van der Waals surface area contributed by atoms with Crippen LogP contribution in [0.3, 0.4) is 0 Å². The number of benzene rings is 2. The van der Waals surface area contributed by atoms with E-state index in [1.807, 2.05) is 30.3 Å². The summed E-state index contributed by atoms with van der Waals surface area (Å²) in [5.41, 5.74) is 2.07. The zero-order valence-corrected chi connectivity index (χ0v) is 14.8. The Morgan fingerprint density at radius 3 is 2.48 bits per heavy atom. The molecule has 1 fully saturated rings. The summed E-state index contributed by atoms with van der Waals surface area (Å²) in [6.45, 7) is 3.11. The van der Waals surface area contributed by atoms with E-state index in [9.17, 15) is 5.11 Å². The van der Waals surface area contributed by atoms with Crippen LogP contribution in [-0.2, 0) is 0 Å². The molecule has 0 saturated carbocycles. The van der Waals surface area contributed by atoms with Gasteiger partial charge in [0.2, 0.25) is 0 Å². The van der Waals surface area contributed by atoms with Crippen LogP contribution in [0.25, 0.3) is 0 Å². The average Bonchev–Trinajstić information content (AvgIpc) is 2.67. The van der Waals surface area contributed by atoms with E-state index >= 15 is 0 Å². The Hall–Kier alpha value is -2.33. The Bertz CT molecular complexity index is 691. The minimum absolute atomic E-state index is 0.276. The first-order valence-electron chi connectivity index (χ1n) is 9.04. The molecule has 4 nitrogen and oxygen atoms in total. The van der Waals surface area contributed by atoms with Crippen molar-refractivity contribution in [3.05, 3.63) is 59.7 Å². The van der Waals surface area contributed by atoms with E-state index in [0.717, 1.165) is 17.9 Å². The predicted molar refractivity (Wildman–Crippen MR) is 101 cm³/mol. The van der Waals surface area contributed by atoms with Crippen molar-refractivity contribution >= 4 is 6.21 Å². The lowest BCUT2D eigenvalue weighted by Gasteiger charge is -2.31. The van der Waals surface area contributed by atoms with Gasteiger partial charge in [0.15, 0.2) is 0 Å². The number of hydrogen-bond acceptors (Lipinski definition) is 3. The highest BCUT2D eigenvalue weighted by Crippen LogP contribution is 2.18. The first-order valence-corrected chi connectivity index (χ1v) is 9.04. The van der Waals surface area contributed by atoms with Crippen molar-refractivity contribution < 1.29 is 14.7 Å². The molecule has 0 spiro atoms. The molecule has 0 aromatic heterocycles. The fourth-order valence-electron chi connectivity index (χ4n) is 3.51. The molecule has 4 heteroatoms. The van der Waals surface area contributed by atoms with Crippen LogP contribution in [0.4, 0.5) is 0 Å². The molecule has 132 valence electrons. The van der Waals surface area contributed by atoms with Gasteiger partial charge in [0.1, 0.15) is 17.5 Å². The molecule has 0 aliphatic carbocycles. The number of nitrogens with zero attached hydrogens (tertiary/aromatic N) is 1. The Labute approximate surface area is 149 Å². The second-order valence-electron chi connectivity index (χ2n) is 6.60. The number of phenolic OH excluding ortho intramolecular Hbond substituents is 1. The summed E-state index contributed by atoms with van der Waals surface area (Å²) in [6, 6.07) is 16.0. The van der Waals surface area contributed by atoms with E-state index in [-0.39, 0.29) is 5.75 Å². The Balaban J connectivity index is 1.77. The van der Waals surface area contributed by atoms with Crippen LogP contribution in [0.5, 0.6) is 11.5 Å². The number of quaternary nitrogens is 1. The lowest BCUT2D eigenvalue weighted by molar-refractivity contribution is -0.934. The number of aliphatic imine (C=N–C) groups is 1. The van der Waals surface area contributed by atoms with Crippen molar-refractivity contribution in [3.63, 3.8) is 0 Å². The van der Waals surface area contributed by atoms with Gasteiger partial charge in [-0.25, -0.2) is 0 Å². The highest BCUT2D eigenvalue weighted by atomic mass is 16.5. The molecule has 0 amide bonds. The first-order chi connectivity index (χ1) is 12.3. The first kappa shape index (κ1) is 17.5. The van der Waals surface area contributed by atoms with E-state index in [2.05, 4.69) is 17.1 Å². The van der Waals surface area contributed by atoms with Gasteiger partial charge in [-0.2, -0.15) is 0 Å². The molecule has 2 aromatic rings. The minimum Gasteiger partial charge on any atom is -0.507 e. The van der Waals surface area contributed by atoms with Crippen molar-refractivity contribution in [2.24, 2.45) is 4.99 Å². The van der Waals surface area contributed by atoms with Crippen molar-refractivity contribution in [2.45, 2.75) is 25.3 Å². The van der Waals surface area contributed by atoms with Gasteiger partial charge in [0.05, 0.1) is 26.7 Å². The van der Waals surface area contributed by atoms with E-state index < -0.39 is 0 Å². The Kier molecular flexibility index (Phi) is 6.07. The summed E-state index contributed by atoms with van der Waals surface area (Å²) < 4.78 is 5.28. The van der Waals surface area contributed by atoms with Crippen LogP contribution in [0.1, 0.15) is 36.4 Å². The van der Waals surface area contributed by atoms with E-state index in [1.54, 1.807) is 24.3 Å². The number of para-hydroxylation sites is 1. The number of ether oxygens (including phenoxy) is 1. The topological polar surface area (TPSA) is 46.3 Å². The zero-order chi connectivity index (χ0) is 17.5. The minimum atomic E-state index is 0.276. The summed E-state index contributed by atoms with van der Waals surface area (Å²) in [5.74, 6) is 1.16. The van der Waals surface area contributed by atoms with Gasteiger partial charge in [0, 0.05) is 17.3 Å². The molecule has 1 atom stereocenters. The van der Waals surface area contributed by atoms with E-state index in [0.29, 0.717) is 6.04 Å². The van der Waals surface area contributed by atoms with Crippen LogP contribution >= 0.6 is 0 Å². The van der Waals surface area contributed by atoms with Crippen LogP contribution < -0.4 is 9.64 Å². The lowest BCUT2D eigenvalue weighted by Crippen LogP contribution is -3.13. The maximum Gasteiger partial charge on any atom is 0.133 e. The van der Waals surface area contributed by atoms with Gasteiger partial charge in [-0.3, -0.25) is 4.99 Å². The van der Waals surface area contributed by atoms with Crippen LogP contribution in [0.2, 0.25) is 0 Å². The third kappa shape index (κ3) is 4.60. The number of aromatic hydroxyl groups is 1. The van der Waals surface area contributed by atoms with Gasteiger partial charge in [-0.1, -0.05) is 12.1 Å². The van der Waals surface area contributed by atoms with Gasteiger partial charge >= 0.3 is 0 Å². The molecular weight excluding hydrogens is 312 g/mol. The predicted octanol–water partition coefficient (Wildman–Crippen LogP) is 2.63. The molecule has 2 N–H and O–H groups in total. The van der Waals surface area contributed by atoms with Crippen LogP contribution in [0.15, 0.2) is 53.5 Å². The maximum atomic E-state index is 9.89. The zero-order valence-electron chi connectivity index (χ0n) is 14.8. The van der Waals surface area contributed by atoms with Gasteiger partial charge < -0.3 is 14.7 Å². The summed E-state index contributed by atoms with van der Waals surface area (Å²) in [7, 11) is 1.69. The smallest absolute Gasteiger partial charge is 0.133 e. The molecule has 1 heterocycles. The highest BCUT2D eigenvalue weighted by molar-refractivity contribution is 5.83. The van der Waals surface area contributed by atoms with Gasteiger partial charge in [-0.15, -0.1) is 0 Å². The number of phenols is 1. The number of likely N-dealkylation sites (tertiary alicyclic amines) is 1. The third-order valence-electron chi connectivity index (χ3n) is 4.96. The molecule has 1 aliphatic rings. The Morgan fingerprint density at radius 2 is 1.80 bits per heavy atom. The molecule has 2 aromatic carbocycles. The summed E-state index contributed by atoms with van der Waals surface area (Å²) in [6.07, 6.45) is 5.69. The monoisotopic (exact) mass is 339 g/mol. The maximum absolute atomic E-state index is 9.89. The van der Waals surface area contributed by atoms with Crippen LogP contribution in [-0.4, -0.2) is 38.1 Å². The highest BCUT2D eigenvalue weighted by Gasteiger charge is 2.25. The third-order valence-corrected chi connectivity index (χ3v) is 4.96. The molecule has 0 bridgehead atoms. The van der Waals surface area contributed by atoms with Crippen molar-refractivity contribution in [1.82, 2.24) is 0 Å². The number of methoxy groups -OCH3 is 1. The molecule has 25 heavy (non-hydrogen) atoms. The quantitative estimate of drug-likeness (QED) is 0.795. The summed E-state index contributed by atoms with van der Waals surface area (Å²) >= 11 is 0. The fraction of sp³-hybridized carbons (Fsp3) is 0.381. The second-order valence-corrected chi connectivity index (χ2v) is 6.60. The lowest BCUT2D eigenvalue weighted by atomic mass is 10.0. The van der Waals surface area contributed by atoms with Crippen LogP contribution in [0, 0.1) is 0 Å². The molecule has 0 unspecified atom stereocenters. The Morgan fingerprint density at radius 1 is 1.08 bits per heavy atom. The standard InChI is InChI=1S/C21H26N2O2/c1-25-19-11-9-17(10-12-19)20(23-13-5-2-6-14-23)16-22-15-18-7-3-4-8-21(18)24/h3-4,7-12,15,20,24H,2,5-6,13-14,16H2,1H3/p+1/t20-/m1/s1. The average molecular weight is 339 g/mol. The number of nitrogens with one attached hydrogen (secondary N) is 1. The molecule has 1 aliphatic heterocycles. The molecular formula is C21H27N2O2+. The van der Waals surface area contributed by atoms with Crippen molar-refractivity contribution in [1.29, 1.82) is 0 Å². The largest absolute Gasteiger partial charge is 0.507 e. The van der Waals surface area contributed by atoms with E-state index in [1.165, 1.54) is 37.9 Å². The summed E-state index contributed by atoms with van der Waals surface area (Å²) in [4.78, 5) is 6.26. The normalized spacial score (nSPS) is 16.8. The van der Waals surface area contributed by atoms with Gasteiger partial charge in [0.25, 0.3) is 0 Å². The fourth-order valence-corrected chi connectivity index (χ4v) is 3.51. The molecule has 0 radical (unpaired) electrons. The summed E-state index contributed by atoms with van der Waals surface area (Å²) in [5, 5.41) is 9.89. The van der Waals surface area contributed by atoms with Crippen molar-refractivity contribution in [2.75, 3.05) is 26.7 Å². The number of rotatable bonds is 6. The molecule has 1 saturated heterocycles. The second kappa shape index (κ2) is 8.67. The van der Waals surface area contributed by atoms with Crippen molar-refractivity contribution in [3.8, 4) is 11.5 Å². The number of piperidine rings is 1. The molecule has 3 rings (SSSR count).